The number of aliphatic hydroxyl groups is 2. The minimum Gasteiger partial charge on any atom is -0.481 e. The first-order valence-electron chi connectivity index (χ1n) is 10.0. The Morgan fingerprint density at radius 3 is 2.33 bits per heavy atom. The fraction of sp³-hybridized carbons (Fsp3) is 0.810. The average molecular weight is 378 g/mol. The van der Waals surface area contributed by atoms with Crippen molar-refractivity contribution in [2.45, 2.75) is 70.5 Å². The Balaban J connectivity index is 1.73. The molecule has 0 bridgehead atoms. The highest BCUT2D eigenvalue weighted by molar-refractivity contribution is 5.85. The van der Waals surface area contributed by atoms with Gasteiger partial charge in [-0.25, -0.2) is 4.79 Å². The van der Waals surface area contributed by atoms with E-state index in [4.69, 9.17) is 4.74 Å². The first-order valence-corrected chi connectivity index (χ1v) is 10.0. The normalized spacial score (nSPS) is 52.0. The molecule has 27 heavy (non-hydrogen) atoms. The number of carboxylic acid groups (broad SMARTS) is 1. The van der Waals surface area contributed by atoms with Crippen LogP contribution in [0.3, 0.4) is 0 Å². The summed E-state index contributed by atoms with van der Waals surface area (Å²) in [6.07, 6.45) is 5.26. The number of rotatable bonds is 2. The Bertz CT molecular complexity index is 726. The fourth-order valence-corrected chi connectivity index (χ4v) is 7.06. The van der Waals surface area contributed by atoms with Crippen LogP contribution in [0.5, 0.6) is 0 Å². The molecule has 0 aromatic carbocycles. The van der Waals surface area contributed by atoms with Crippen LogP contribution >= 0.6 is 0 Å². The number of cyclic esters (lactones) is 1. The van der Waals surface area contributed by atoms with Crippen molar-refractivity contribution in [3.05, 3.63) is 11.6 Å². The molecule has 3 fully saturated rings. The number of carboxylic acids is 1. The molecule has 3 aliphatic carbocycles. The molecule has 3 N–H and O–H groups in total. The number of carbonyl (C=O) groups is 2. The highest BCUT2D eigenvalue weighted by Crippen LogP contribution is 2.68. The molecule has 0 spiro atoms. The zero-order valence-electron chi connectivity index (χ0n) is 16.3. The van der Waals surface area contributed by atoms with Gasteiger partial charge in [-0.2, -0.15) is 0 Å². The van der Waals surface area contributed by atoms with Crippen molar-refractivity contribution >= 4 is 11.9 Å². The highest BCUT2D eigenvalue weighted by atomic mass is 16.5. The van der Waals surface area contributed by atoms with Gasteiger partial charge in [0.1, 0.15) is 6.61 Å². The second kappa shape index (κ2) is 5.57. The molecular formula is C21H30O6. The topological polar surface area (TPSA) is 104 Å². The van der Waals surface area contributed by atoms with E-state index < -0.39 is 28.0 Å². The number of ether oxygens (including phenoxy) is 1. The molecule has 0 aromatic heterocycles. The van der Waals surface area contributed by atoms with Crippen LogP contribution in [0.4, 0.5) is 0 Å². The van der Waals surface area contributed by atoms with E-state index in [9.17, 15) is 24.9 Å². The Labute approximate surface area is 159 Å². The SMILES string of the molecule is C[C@]1(O)CC[C@@H]2[C@H](CC[C@]3(C)[C@H](C4=CC(=O)OC4)CC[C@@]23O)[C@]1(C)C(=O)O. The van der Waals surface area contributed by atoms with E-state index in [2.05, 4.69) is 6.92 Å². The summed E-state index contributed by atoms with van der Waals surface area (Å²) >= 11 is 0. The molecule has 1 aliphatic heterocycles. The fourth-order valence-electron chi connectivity index (χ4n) is 7.06. The van der Waals surface area contributed by atoms with Crippen LogP contribution in [0.1, 0.15) is 59.3 Å². The summed E-state index contributed by atoms with van der Waals surface area (Å²) in [5, 5.41) is 32.8. The lowest BCUT2D eigenvalue weighted by Crippen LogP contribution is -2.67. The van der Waals surface area contributed by atoms with Crippen LogP contribution in [0.2, 0.25) is 0 Å². The van der Waals surface area contributed by atoms with E-state index >= 15 is 0 Å². The molecule has 0 saturated heterocycles. The number of esters is 1. The third kappa shape index (κ3) is 2.20. The van der Waals surface area contributed by atoms with Gasteiger partial charge in [-0.05, 0) is 75.7 Å². The van der Waals surface area contributed by atoms with Gasteiger partial charge in [0.15, 0.2) is 0 Å². The van der Waals surface area contributed by atoms with Gasteiger partial charge in [0.2, 0.25) is 0 Å². The van der Waals surface area contributed by atoms with Gasteiger partial charge in [-0.15, -0.1) is 0 Å². The van der Waals surface area contributed by atoms with Crippen LogP contribution in [0.25, 0.3) is 0 Å². The second-order valence-corrected chi connectivity index (χ2v) is 9.83. The first-order chi connectivity index (χ1) is 12.5. The van der Waals surface area contributed by atoms with Gasteiger partial charge >= 0.3 is 11.9 Å². The number of hydrogen-bond acceptors (Lipinski definition) is 5. The third-order valence-electron chi connectivity index (χ3n) is 9.02. The minimum absolute atomic E-state index is 0.0772. The number of hydrogen-bond donors (Lipinski definition) is 3. The summed E-state index contributed by atoms with van der Waals surface area (Å²) in [4.78, 5) is 23.8. The maximum Gasteiger partial charge on any atom is 0.331 e. The molecule has 0 radical (unpaired) electrons. The van der Waals surface area contributed by atoms with Gasteiger partial charge < -0.3 is 20.1 Å². The number of fused-ring (bicyclic) bond motifs is 3. The van der Waals surface area contributed by atoms with Crippen molar-refractivity contribution in [1.82, 2.24) is 0 Å². The molecule has 0 amide bonds. The summed E-state index contributed by atoms with van der Waals surface area (Å²) in [7, 11) is 0. The van der Waals surface area contributed by atoms with E-state index in [-0.39, 0.29) is 23.7 Å². The van der Waals surface area contributed by atoms with Gasteiger partial charge in [-0.1, -0.05) is 6.92 Å². The third-order valence-corrected chi connectivity index (χ3v) is 9.02. The molecule has 4 rings (SSSR count). The van der Waals surface area contributed by atoms with Gasteiger partial charge in [0, 0.05) is 11.5 Å². The van der Waals surface area contributed by atoms with Crippen molar-refractivity contribution in [2.24, 2.45) is 28.6 Å². The lowest BCUT2D eigenvalue weighted by Gasteiger charge is -2.62. The summed E-state index contributed by atoms with van der Waals surface area (Å²) in [6, 6.07) is 0. The Hall–Kier alpha value is -1.40. The van der Waals surface area contributed by atoms with E-state index in [0.29, 0.717) is 38.7 Å². The zero-order valence-corrected chi connectivity index (χ0v) is 16.3. The molecule has 6 nitrogen and oxygen atoms in total. The van der Waals surface area contributed by atoms with Crippen LogP contribution in [-0.4, -0.2) is 45.1 Å². The maximum absolute atomic E-state index is 12.2. The smallest absolute Gasteiger partial charge is 0.331 e. The average Bonchev–Trinajstić information content (AvgIpc) is 3.11. The predicted octanol–water partition coefficient (Wildman–Crippen LogP) is 2.28. The Morgan fingerprint density at radius 1 is 1.07 bits per heavy atom. The van der Waals surface area contributed by atoms with E-state index in [1.807, 2.05) is 0 Å². The van der Waals surface area contributed by atoms with E-state index in [1.54, 1.807) is 19.9 Å². The molecule has 150 valence electrons. The quantitative estimate of drug-likeness (QED) is 0.637. The molecule has 6 heteroatoms. The lowest BCUT2D eigenvalue weighted by molar-refractivity contribution is -0.236. The number of carbonyl (C=O) groups excluding carboxylic acids is 1. The van der Waals surface area contributed by atoms with Crippen molar-refractivity contribution < 1.29 is 29.6 Å². The van der Waals surface area contributed by atoms with Crippen molar-refractivity contribution in [3.8, 4) is 0 Å². The lowest BCUT2D eigenvalue weighted by atomic mass is 9.44. The molecule has 7 atom stereocenters. The zero-order chi connectivity index (χ0) is 19.8. The van der Waals surface area contributed by atoms with Gasteiger partial charge in [0.05, 0.1) is 16.6 Å². The summed E-state index contributed by atoms with van der Waals surface area (Å²) < 4.78 is 5.11. The van der Waals surface area contributed by atoms with Crippen LogP contribution in [0, 0.1) is 28.6 Å². The van der Waals surface area contributed by atoms with E-state index in [0.717, 1.165) is 12.0 Å². The molecule has 4 aliphatic rings. The monoisotopic (exact) mass is 378 g/mol. The Morgan fingerprint density at radius 2 is 1.74 bits per heavy atom. The first kappa shape index (κ1) is 18.9. The van der Waals surface area contributed by atoms with E-state index in [1.165, 1.54) is 0 Å². The number of aliphatic carboxylic acids is 1. The maximum atomic E-state index is 12.2. The highest BCUT2D eigenvalue weighted by Gasteiger charge is 2.70. The molecular weight excluding hydrogens is 348 g/mol. The molecule has 1 heterocycles. The van der Waals surface area contributed by atoms with Crippen molar-refractivity contribution in [2.75, 3.05) is 6.61 Å². The van der Waals surface area contributed by atoms with Crippen LogP contribution in [0.15, 0.2) is 11.6 Å². The molecule has 0 aromatic rings. The summed E-state index contributed by atoms with van der Waals surface area (Å²) in [5.74, 6) is -1.66. The van der Waals surface area contributed by atoms with Gasteiger partial charge in [-0.3, -0.25) is 4.79 Å². The second-order valence-electron chi connectivity index (χ2n) is 9.83. The largest absolute Gasteiger partial charge is 0.481 e. The molecule has 0 unspecified atom stereocenters. The van der Waals surface area contributed by atoms with Gasteiger partial charge in [0.25, 0.3) is 0 Å². The van der Waals surface area contributed by atoms with Crippen LogP contribution in [-0.2, 0) is 14.3 Å². The Kier molecular flexibility index (Phi) is 3.91. The van der Waals surface area contributed by atoms with Crippen molar-refractivity contribution in [1.29, 1.82) is 0 Å². The standard InChI is InChI=1S/C21H30O6/c1-18-7-4-14-15(5-8-19(2,25)20(14,3)17(23)24)21(18,26)9-6-13(18)12-10-16(22)27-11-12/h10,13-15,25-26H,4-9,11H2,1-3H3,(H,23,24)/t13-,14-,15+,18+,19-,20+,21+/m0/s1. The molecule has 3 saturated carbocycles. The minimum atomic E-state index is -1.30. The van der Waals surface area contributed by atoms with Crippen LogP contribution < -0.4 is 0 Å². The predicted molar refractivity (Wildman–Crippen MR) is 96.6 cm³/mol. The summed E-state index contributed by atoms with van der Waals surface area (Å²) in [5.41, 5.74) is -3.01. The summed E-state index contributed by atoms with van der Waals surface area (Å²) in [6.45, 7) is 5.66. The van der Waals surface area contributed by atoms with Crippen molar-refractivity contribution in [3.63, 3.8) is 0 Å².